The molecule has 1 aromatic carbocycles. The molecule has 0 bridgehead atoms. The lowest BCUT2D eigenvalue weighted by molar-refractivity contribution is 0.154. The lowest BCUT2D eigenvalue weighted by Gasteiger charge is -2.33. The van der Waals surface area contributed by atoms with Gasteiger partial charge >= 0.3 is 0 Å². The summed E-state index contributed by atoms with van der Waals surface area (Å²) in [6, 6.07) is 9.63. The van der Waals surface area contributed by atoms with E-state index < -0.39 is 0 Å². The lowest BCUT2D eigenvalue weighted by Crippen LogP contribution is -2.35. The van der Waals surface area contributed by atoms with Crippen molar-refractivity contribution in [2.24, 2.45) is 0 Å². The van der Waals surface area contributed by atoms with Gasteiger partial charge in [0.2, 0.25) is 0 Å². The highest BCUT2D eigenvalue weighted by atomic mass is 15.2. The van der Waals surface area contributed by atoms with Crippen LogP contribution in [0.25, 0.3) is 0 Å². The second-order valence-electron chi connectivity index (χ2n) is 5.11. The second-order valence-corrected chi connectivity index (χ2v) is 5.11. The topological polar surface area (TPSA) is 29.3 Å². The molecule has 0 amide bonds. The molecule has 1 fully saturated rings. The number of rotatable bonds is 4. The number of hydrogen-bond acceptors (Lipinski definition) is 2. The third kappa shape index (κ3) is 2.81. The molecular weight excluding hydrogens is 208 g/mol. The maximum atomic E-state index is 5.74. The molecule has 1 atom stereocenters. The summed E-state index contributed by atoms with van der Waals surface area (Å²) in [6.45, 7) is 5.72. The summed E-state index contributed by atoms with van der Waals surface area (Å²) in [7, 11) is 0. The Balaban J connectivity index is 2.10. The maximum absolute atomic E-state index is 5.74. The summed E-state index contributed by atoms with van der Waals surface area (Å²) >= 11 is 0. The molecule has 1 saturated carbocycles. The van der Waals surface area contributed by atoms with Crippen molar-refractivity contribution in [1.29, 1.82) is 0 Å². The zero-order valence-electron chi connectivity index (χ0n) is 11.0. The van der Waals surface area contributed by atoms with Crippen LogP contribution in [0.3, 0.4) is 0 Å². The normalized spacial score (nSPS) is 18.8. The predicted molar refractivity (Wildman–Crippen MR) is 73.9 cm³/mol. The average Bonchev–Trinajstić information content (AvgIpc) is 2.84. The lowest BCUT2D eigenvalue weighted by atomic mass is 10.0. The molecular formula is C15H24N2. The van der Waals surface area contributed by atoms with Crippen molar-refractivity contribution in [3.63, 3.8) is 0 Å². The number of nitrogens with two attached hydrogens (primary N) is 1. The van der Waals surface area contributed by atoms with Crippen molar-refractivity contribution in [2.45, 2.75) is 51.6 Å². The van der Waals surface area contributed by atoms with Gasteiger partial charge in [-0.05, 0) is 44.0 Å². The quantitative estimate of drug-likeness (QED) is 0.804. The highest BCUT2D eigenvalue weighted by Gasteiger charge is 2.25. The van der Waals surface area contributed by atoms with E-state index in [1.807, 2.05) is 12.1 Å². The monoisotopic (exact) mass is 232 g/mol. The molecule has 94 valence electrons. The Kier molecular flexibility index (Phi) is 4.06. The van der Waals surface area contributed by atoms with Gasteiger partial charge < -0.3 is 5.73 Å². The first-order valence-corrected chi connectivity index (χ1v) is 6.83. The van der Waals surface area contributed by atoms with E-state index in [1.165, 1.54) is 31.2 Å². The largest absolute Gasteiger partial charge is 0.399 e. The average molecular weight is 232 g/mol. The van der Waals surface area contributed by atoms with E-state index in [4.69, 9.17) is 5.73 Å². The third-order valence-corrected chi connectivity index (χ3v) is 4.08. The fraction of sp³-hybridized carbons (Fsp3) is 0.600. The first-order chi connectivity index (χ1) is 8.22. The van der Waals surface area contributed by atoms with Gasteiger partial charge in [0.05, 0.1) is 0 Å². The molecule has 0 spiro atoms. The standard InChI is InChI=1S/C15H24N2/c1-3-17(15-6-4-5-7-15)12(2)13-8-10-14(16)11-9-13/h8-12,15H,3-7,16H2,1-2H3. The Bertz CT molecular complexity index is 338. The van der Waals surface area contributed by atoms with Crippen molar-refractivity contribution >= 4 is 5.69 Å². The van der Waals surface area contributed by atoms with E-state index in [1.54, 1.807) is 0 Å². The minimum absolute atomic E-state index is 0.503. The number of hydrogen-bond donors (Lipinski definition) is 1. The summed E-state index contributed by atoms with van der Waals surface area (Å²) in [5, 5.41) is 0. The molecule has 1 unspecified atom stereocenters. The minimum atomic E-state index is 0.503. The molecule has 0 saturated heterocycles. The molecule has 1 aromatic rings. The zero-order chi connectivity index (χ0) is 12.3. The van der Waals surface area contributed by atoms with E-state index in [9.17, 15) is 0 Å². The van der Waals surface area contributed by atoms with Gasteiger partial charge in [0, 0.05) is 17.8 Å². The van der Waals surface area contributed by atoms with Gasteiger partial charge in [0.25, 0.3) is 0 Å². The van der Waals surface area contributed by atoms with Crippen LogP contribution in [-0.2, 0) is 0 Å². The molecule has 2 N–H and O–H groups in total. The van der Waals surface area contributed by atoms with E-state index in [-0.39, 0.29) is 0 Å². The van der Waals surface area contributed by atoms with Crippen molar-refractivity contribution in [3.05, 3.63) is 29.8 Å². The Morgan fingerprint density at radius 3 is 2.35 bits per heavy atom. The Morgan fingerprint density at radius 2 is 1.82 bits per heavy atom. The summed E-state index contributed by atoms with van der Waals surface area (Å²) < 4.78 is 0. The molecule has 1 aliphatic rings. The maximum Gasteiger partial charge on any atom is 0.0322 e. The van der Waals surface area contributed by atoms with E-state index in [2.05, 4.69) is 30.9 Å². The zero-order valence-corrected chi connectivity index (χ0v) is 11.0. The van der Waals surface area contributed by atoms with Crippen molar-refractivity contribution < 1.29 is 0 Å². The van der Waals surface area contributed by atoms with E-state index in [0.29, 0.717) is 6.04 Å². The fourth-order valence-electron chi connectivity index (χ4n) is 3.05. The second kappa shape index (κ2) is 5.54. The van der Waals surface area contributed by atoms with Gasteiger partial charge in [-0.25, -0.2) is 0 Å². The number of nitrogen functional groups attached to an aromatic ring is 1. The molecule has 2 rings (SSSR count). The van der Waals surface area contributed by atoms with Gasteiger partial charge in [0.1, 0.15) is 0 Å². The Morgan fingerprint density at radius 1 is 1.24 bits per heavy atom. The summed E-state index contributed by atoms with van der Waals surface area (Å²) in [6.07, 6.45) is 5.53. The minimum Gasteiger partial charge on any atom is -0.399 e. The highest BCUT2D eigenvalue weighted by Crippen LogP contribution is 2.30. The molecule has 1 aliphatic carbocycles. The van der Waals surface area contributed by atoms with Crippen LogP contribution in [-0.4, -0.2) is 17.5 Å². The number of anilines is 1. The van der Waals surface area contributed by atoms with Crippen molar-refractivity contribution in [3.8, 4) is 0 Å². The van der Waals surface area contributed by atoms with Crippen LogP contribution in [0.1, 0.15) is 51.1 Å². The van der Waals surface area contributed by atoms with Gasteiger partial charge in [0.15, 0.2) is 0 Å². The van der Waals surface area contributed by atoms with Crippen molar-refractivity contribution in [2.75, 3.05) is 12.3 Å². The highest BCUT2D eigenvalue weighted by molar-refractivity contribution is 5.40. The van der Waals surface area contributed by atoms with Crippen LogP contribution in [0.15, 0.2) is 24.3 Å². The van der Waals surface area contributed by atoms with Crippen LogP contribution in [0.5, 0.6) is 0 Å². The van der Waals surface area contributed by atoms with Crippen LogP contribution in [0, 0.1) is 0 Å². The predicted octanol–water partition coefficient (Wildman–Crippen LogP) is 3.59. The number of nitrogens with zero attached hydrogens (tertiary/aromatic N) is 1. The molecule has 17 heavy (non-hydrogen) atoms. The van der Waals surface area contributed by atoms with E-state index >= 15 is 0 Å². The summed E-state index contributed by atoms with van der Waals surface area (Å²) in [5.74, 6) is 0. The molecule has 0 aliphatic heterocycles. The van der Waals surface area contributed by atoms with Gasteiger partial charge in [-0.1, -0.05) is 31.9 Å². The van der Waals surface area contributed by atoms with Gasteiger partial charge in [-0.3, -0.25) is 4.90 Å². The van der Waals surface area contributed by atoms with Crippen LogP contribution >= 0.6 is 0 Å². The van der Waals surface area contributed by atoms with Crippen LogP contribution in [0.2, 0.25) is 0 Å². The molecule has 2 heteroatoms. The Hall–Kier alpha value is -1.02. The smallest absolute Gasteiger partial charge is 0.0322 e. The Labute approximate surface area is 105 Å². The fourth-order valence-corrected chi connectivity index (χ4v) is 3.05. The van der Waals surface area contributed by atoms with E-state index in [0.717, 1.165) is 18.3 Å². The molecule has 0 aromatic heterocycles. The van der Waals surface area contributed by atoms with Gasteiger partial charge in [-0.15, -0.1) is 0 Å². The third-order valence-electron chi connectivity index (χ3n) is 4.08. The van der Waals surface area contributed by atoms with Crippen LogP contribution in [0.4, 0.5) is 5.69 Å². The van der Waals surface area contributed by atoms with Crippen LogP contribution < -0.4 is 5.73 Å². The molecule has 0 radical (unpaired) electrons. The summed E-state index contributed by atoms with van der Waals surface area (Å²) in [4.78, 5) is 2.64. The number of benzene rings is 1. The summed E-state index contributed by atoms with van der Waals surface area (Å²) in [5.41, 5.74) is 7.98. The first kappa shape index (κ1) is 12.4. The first-order valence-electron chi connectivity index (χ1n) is 6.83. The molecule has 2 nitrogen and oxygen atoms in total. The van der Waals surface area contributed by atoms with Gasteiger partial charge in [-0.2, -0.15) is 0 Å². The SMILES string of the molecule is CCN(C1CCCC1)C(C)c1ccc(N)cc1. The molecule has 0 heterocycles. The van der Waals surface area contributed by atoms with Crippen molar-refractivity contribution in [1.82, 2.24) is 4.90 Å².